The lowest BCUT2D eigenvalue weighted by atomic mass is 10.1. The summed E-state index contributed by atoms with van der Waals surface area (Å²) in [6.07, 6.45) is 1.70. The fourth-order valence-electron chi connectivity index (χ4n) is 1.69. The lowest BCUT2D eigenvalue weighted by molar-refractivity contribution is 0.392. The quantitative estimate of drug-likeness (QED) is 0.837. The van der Waals surface area contributed by atoms with Crippen molar-refractivity contribution in [1.82, 2.24) is 5.32 Å². The van der Waals surface area contributed by atoms with Gasteiger partial charge in [-0.15, -0.1) is 0 Å². The molecule has 3 heteroatoms. The molecule has 0 bridgehead atoms. The second kappa shape index (κ2) is 3.95. The van der Waals surface area contributed by atoms with Gasteiger partial charge in [0.25, 0.3) is 0 Å². The highest BCUT2D eigenvalue weighted by molar-refractivity contribution is 5.26. The summed E-state index contributed by atoms with van der Waals surface area (Å²) in [7, 11) is 1.89. The lowest BCUT2D eigenvalue weighted by Gasteiger charge is -2.11. The minimum Gasteiger partial charge on any atom is -0.467 e. The molecule has 0 spiro atoms. The summed E-state index contributed by atoms with van der Waals surface area (Å²) in [5.74, 6) is 2.70. The van der Waals surface area contributed by atoms with Crippen LogP contribution in [0.4, 0.5) is 0 Å². The van der Waals surface area contributed by atoms with E-state index >= 15 is 0 Å². The molecule has 80 valence electrons. The summed E-state index contributed by atoms with van der Waals surface area (Å²) in [5, 5.41) is 3.19. The summed E-state index contributed by atoms with van der Waals surface area (Å²) < 4.78 is 11.1. The van der Waals surface area contributed by atoms with Crippen LogP contribution in [0.2, 0.25) is 0 Å². The van der Waals surface area contributed by atoms with E-state index in [0.29, 0.717) is 0 Å². The molecule has 0 saturated heterocycles. The van der Waals surface area contributed by atoms with Crippen LogP contribution < -0.4 is 5.32 Å². The Bertz CT molecular complexity index is 442. The van der Waals surface area contributed by atoms with Crippen LogP contribution in [0.3, 0.4) is 0 Å². The average Bonchev–Trinajstić information content (AvgIpc) is 2.79. The minimum absolute atomic E-state index is 0.00583. The van der Waals surface area contributed by atoms with Gasteiger partial charge in [-0.25, -0.2) is 0 Å². The van der Waals surface area contributed by atoms with Crippen LogP contribution in [0, 0.1) is 13.8 Å². The number of hydrogen-bond acceptors (Lipinski definition) is 3. The Balaban J connectivity index is 2.36. The van der Waals surface area contributed by atoms with E-state index in [-0.39, 0.29) is 6.04 Å². The van der Waals surface area contributed by atoms with E-state index in [9.17, 15) is 0 Å². The Labute approximate surface area is 89.1 Å². The van der Waals surface area contributed by atoms with Gasteiger partial charge in [-0.1, -0.05) is 0 Å². The number of rotatable bonds is 3. The molecule has 0 aromatic carbocycles. The summed E-state index contributed by atoms with van der Waals surface area (Å²) in [4.78, 5) is 0. The Morgan fingerprint density at radius 1 is 1.20 bits per heavy atom. The molecule has 0 aliphatic heterocycles. The van der Waals surface area contributed by atoms with Gasteiger partial charge in [-0.2, -0.15) is 0 Å². The molecule has 0 aliphatic carbocycles. The fraction of sp³-hybridized carbons (Fsp3) is 0.333. The van der Waals surface area contributed by atoms with Crippen LogP contribution in [-0.4, -0.2) is 7.05 Å². The molecule has 2 rings (SSSR count). The van der Waals surface area contributed by atoms with Crippen molar-refractivity contribution in [1.29, 1.82) is 0 Å². The molecule has 2 aromatic rings. The number of furan rings is 2. The molecule has 1 unspecified atom stereocenters. The molecular weight excluding hydrogens is 190 g/mol. The monoisotopic (exact) mass is 205 g/mol. The molecule has 1 atom stereocenters. The zero-order chi connectivity index (χ0) is 10.8. The van der Waals surface area contributed by atoms with Crippen molar-refractivity contribution in [3.05, 3.63) is 47.3 Å². The summed E-state index contributed by atoms with van der Waals surface area (Å²) in [6.45, 7) is 3.96. The highest BCUT2D eigenvalue weighted by Gasteiger charge is 2.20. The van der Waals surface area contributed by atoms with E-state index < -0.39 is 0 Å². The van der Waals surface area contributed by atoms with Gasteiger partial charge in [0.2, 0.25) is 0 Å². The molecule has 0 fully saturated rings. The normalized spacial score (nSPS) is 13.0. The predicted molar refractivity (Wildman–Crippen MR) is 57.8 cm³/mol. The first-order chi connectivity index (χ1) is 7.22. The van der Waals surface area contributed by atoms with Gasteiger partial charge in [-0.3, -0.25) is 0 Å². The number of aryl methyl sites for hydroxylation is 2. The largest absolute Gasteiger partial charge is 0.467 e. The van der Waals surface area contributed by atoms with Gasteiger partial charge in [-0.05, 0) is 44.7 Å². The molecule has 2 aromatic heterocycles. The SMILES string of the molecule is CNC(c1ccc(C)o1)c1occc1C. The van der Waals surface area contributed by atoms with E-state index in [1.54, 1.807) is 6.26 Å². The van der Waals surface area contributed by atoms with Crippen molar-refractivity contribution >= 4 is 0 Å². The number of hydrogen-bond donors (Lipinski definition) is 1. The van der Waals surface area contributed by atoms with Crippen LogP contribution in [0.5, 0.6) is 0 Å². The maximum absolute atomic E-state index is 5.59. The smallest absolute Gasteiger partial charge is 0.131 e. The Kier molecular flexibility index (Phi) is 2.64. The van der Waals surface area contributed by atoms with Crippen LogP contribution in [0.1, 0.15) is 28.9 Å². The molecule has 1 N–H and O–H groups in total. The highest BCUT2D eigenvalue weighted by atomic mass is 16.4. The molecular formula is C12H15NO2. The molecule has 3 nitrogen and oxygen atoms in total. The Hall–Kier alpha value is -1.48. The van der Waals surface area contributed by atoms with E-state index in [1.807, 2.05) is 39.1 Å². The predicted octanol–water partition coefficient (Wildman–Crippen LogP) is 2.80. The van der Waals surface area contributed by atoms with Crippen molar-refractivity contribution in [2.45, 2.75) is 19.9 Å². The molecule has 0 radical (unpaired) electrons. The van der Waals surface area contributed by atoms with Gasteiger partial charge in [0.1, 0.15) is 23.3 Å². The summed E-state index contributed by atoms with van der Waals surface area (Å²) in [6, 6.07) is 5.87. The highest BCUT2D eigenvalue weighted by Crippen LogP contribution is 2.26. The first kappa shape index (κ1) is 10.1. The van der Waals surface area contributed by atoms with Crippen LogP contribution in [0.25, 0.3) is 0 Å². The first-order valence-electron chi connectivity index (χ1n) is 5.00. The van der Waals surface area contributed by atoms with Crippen LogP contribution >= 0.6 is 0 Å². The Morgan fingerprint density at radius 3 is 2.47 bits per heavy atom. The summed E-state index contributed by atoms with van der Waals surface area (Å²) >= 11 is 0. The van der Waals surface area contributed by atoms with Crippen LogP contribution in [-0.2, 0) is 0 Å². The summed E-state index contributed by atoms with van der Waals surface area (Å²) in [5.41, 5.74) is 1.13. The standard InChI is InChI=1S/C12H15NO2/c1-8-6-7-14-12(8)11(13-3)10-5-4-9(2)15-10/h4-7,11,13H,1-3H3. The van der Waals surface area contributed by atoms with Gasteiger partial charge < -0.3 is 14.2 Å². The Morgan fingerprint density at radius 2 is 2.00 bits per heavy atom. The van der Waals surface area contributed by atoms with E-state index in [0.717, 1.165) is 22.8 Å². The van der Waals surface area contributed by atoms with E-state index in [4.69, 9.17) is 8.83 Å². The minimum atomic E-state index is -0.00583. The van der Waals surface area contributed by atoms with Gasteiger partial charge in [0, 0.05) is 0 Å². The zero-order valence-electron chi connectivity index (χ0n) is 9.20. The molecule has 0 aliphatic rings. The second-order valence-corrected chi connectivity index (χ2v) is 3.64. The van der Waals surface area contributed by atoms with E-state index in [2.05, 4.69) is 5.32 Å². The second-order valence-electron chi connectivity index (χ2n) is 3.64. The van der Waals surface area contributed by atoms with Gasteiger partial charge in [0.15, 0.2) is 0 Å². The average molecular weight is 205 g/mol. The number of nitrogens with one attached hydrogen (secondary N) is 1. The first-order valence-corrected chi connectivity index (χ1v) is 5.00. The fourth-order valence-corrected chi connectivity index (χ4v) is 1.69. The van der Waals surface area contributed by atoms with Gasteiger partial charge >= 0.3 is 0 Å². The van der Waals surface area contributed by atoms with Gasteiger partial charge in [0.05, 0.1) is 6.26 Å². The third-order valence-electron chi connectivity index (χ3n) is 2.50. The molecule has 0 saturated carbocycles. The van der Waals surface area contributed by atoms with Crippen molar-refractivity contribution in [2.75, 3.05) is 7.05 Å². The maximum atomic E-state index is 5.59. The van der Waals surface area contributed by atoms with Crippen molar-refractivity contribution in [2.24, 2.45) is 0 Å². The third-order valence-corrected chi connectivity index (χ3v) is 2.50. The van der Waals surface area contributed by atoms with Crippen molar-refractivity contribution in [3.63, 3.8) is 0 Å². The topological polar surface area (TPSA) is 38.3 Å². The molecule has 15 heavy (non-hydrogen) atoms. The van der Waals surface area contributed by atoms with Crippen LogP contribution in [0.15, 0.2) is 33.3 Å². The van der Waals surface area contributed by atoms with Crippen molar-refractivity contribution in [3.8, 4) is 0 Å². The van der Waals surface area contributed by atoms with E-state index in [1.165, 1.54) is 0 Å². The zero-order valence-corrected chi connectivity index (χ0v) is 9.20. The third kappa shape index (κ3) is 1.83. The molecule has 2 heterocycles. The molecule has 0 amide bonds. The maximum Gasteiger partial charge on any atom is 0.131 e. The van der Waals surface area contributed by atoms with Crippen molar-refractivity contribution < 1.29 is 8.83 Å². The lowest BCUT2D eigenvalue weighted by Crippen LogP contribution is -2.17.